The average molecular weight is 282 g/mol. The molecule has 0 saturated heterocycles. The zero-order chi connectivity index (χ0) is 9.10. The maximum atomic E-state index is 4.13. The fraction of sp³-hybridized carbons (Fsp3) is 0. The summed E-state index contributed by atoms with van der Waals surface area (Å²) in [5.74, 6) is 0. The first-order chi connectivity index (χ1) is 6.36. The Hall–Kier alpha value is -0.970. The number of hydrogen-bond acceptors (Lipinski definition) is 2. The third-order valence-electron chi connectivity index (χ3n) is 1.73. The highest BCUT2D eigenvalue weighted by Gasteiger charge is 1.96. The smallest absolute Gasteiger partial charge is 0.190 e. The van der Waals surface area contributed by atoms with Gasteiger partial charge in [-0.15, -0.1) is 0 Å². The molecular formula is C10H7IN2. The predicted octanol–water partition coefficient (Wildman–Crippen LogP) is 2.75. The maximum Gasteiger partial charge on any atom is 0.190 e. The lowest BCUT2D eigenvalue weighted by molar-refractivity contribution is 1.11. The van der Waals surface area contributed by atoms with Gasteiger partial charge in [-0.05, 0) is 5.56 Å². The lowest BCUT2D eigenvalue weighted by Gasteiger charge is -1.98. The van der Waals surface area contributed by atoms with Crippen LogP contribution in [-0.2, 0) is 0 Å². The molecule has 0 spiro atoms. The Bertz CT molecular complexity index is 383. The van der Waals surface area contributed by atoms with E-state index in [-0.39, 0.29) is 0 Å². The molecule has 2 aromatic rings. The van der Waals surface area contributed by atoms with E-state index in [1.54, 1.807) is 0 Å². The van der Waals surface area contributed by atoms with Gasteiger partial charge in [0.1, 0.15) is 0 Å². The Morgan fingerprint density at radius 3 is 2.08 bits per heavy atom. The van der Waals surface area contributed by atoms with E-state index in [9.17, 15) is 0 Å². The van der Waals surface area contributed by atoms with Crippen LogP contribution >= 0.6 is 22.6 Å². The lowest BCUT2D eigenvalue weighted by Crippen LogP contribution is -1.86. The molecule has 0 saturated carbocycles. The largest absolute Gasteiger partial charge is 0.231 e. The second kappa shape index (κ2) is 3.83. The molecule has 2 rings (SSSR count). The van der Waals surface area contributed by atoms with Crippen LogP contribution in [0, 0.1) is 3.83 Å². The number of nitrogens with zero attached hydrogens (tertiary/aromatic N) is 2. The Morgan fingerprint density at radius 1 is 0.846 bits per heavy atom. The molecule has 0 unspecified atom stereocenters. The van der Waals surface area contributed by atoms with Gasteiger partial charge in [0.2, 0.25) is 0 Å². The van der Waals surface area contributed by atoms with Gasteiger partial charge in [0.15, 0.2) is 3.83 Å². The van der Waals surface area contributed by atoms with Crippen molar-refractivity contribution in [1.82, 2.24) is 9.97 Å². The van der Waals surface area contributed by atoms with Gasteiger partial charge in [-0.3, -0.25) is 0 Å². The predicted molar refractivity (Wildman–Crippen MR) is 60.2 cm³/mol. The molecule has 0 aliphatic heterocycles. The van der Waals surface area contributed by atoms with E-state index in [1.807, 2.05) is 42.7 Å². The van der Waals surface area contributed by atoms with Crippen LogP contribution < -0.4 is 0 Å². The van der Waals surface area contributed by atoms with Crippen molar-refractivity contribution in [1.29, 1.82) is 0 Å². The maximum absolute atomic E-state index is 4.13. The van der Waals surface area contributed by atoms with Crippen molar-refractivity contribution in [2.75, 3.05) is 0 Å². The monoisotopic (exact) mass is 282 g/mol. The summed E-state index contributed by atoms with van der Waals surface area (Å²) in [6.07, 6.45) is 3.67. The summed E-state index contributed by atoms with van der Waals surface area (Å²) in [6.45, 7) is 0. The van der Waals surface area contributed by atoms with E-state index in [4.69, 9.17) is 0 Å². The summed E-state index contributed by atoms with van der Waals surface area (Å²) in [5.41, 5.74) is 2.21. The van der Waals surface area contributed by atoms with E-state index >= 15 is 0 Å². The minimum Gasteiger partial charge on any atom is -0.231 e. The van der Waals surface area contributed by atoms with Gasteiger partial charge < -0.3 is 0 Å². The summed E-state index contributed by atoms with van der Waals surface area (Å²) < 4.78 is 0.775. The van der Waals surface area contributed by atoms with Crippen molar-refractivity contribution in [3.8, 4) is 11.1 Å². The first-order valence-corrected chi connectivity index (χ1v) is 4.97. The number of hydrogen-bond donors (Lipinski definition) is 0. The van der Waals surface area contributed by atoms with E-state index in [0.717, 1.165) is 15.0 Å². The normalized spacial score (nSPS) is 9.92. The quantitative estimate of drug-likeness (QED) is 0.593. The first-order valence-electron chi connectivity index (χ1n) is 3.89. The number of halogens is 1. The molecule has 0 aliphatic carbocycles. The molecule has 1 aromatic heterocycles. The van der Waals surface area contributed by atoms with Gasteiger partial charge in [0.05, 0.1) is 0 Å². The Labute approximate surface area is 90.2 Å². The molecule has 2 nitrogen and oxygen atoms in total. The Morgan fingerprint density at radius 2 is 1.46 bits per heavy atom. The molecule has 0 fully saturated rings. The van der Waals surface area contributed by atoms with Gasteiger partial charge >= 0.3 is 0 Å². The molecule has 0 amide bonds. The van der Waals surface area contributed by atoms with E-state index < -0.39 is 0 Å². The van der Waals surface area contributed by atoms with Crippen molar-refractivity contribution < 1.29 is 0 Å². The van der Waals surface area contributed by atoms with Crippen LogP contribution in [-0.4, -0.2) is 9.97 Å². The third kappa shape index (κ3) is 2.03. The molecule has 1 heterocycles. The summed E-state index contributed by atoms with van der Waals surface area (Å²) in [7, 11) is 0. The Kier molecular flexibility index (Phi) is 2.54. The van der Waals surface area contributed by atoms with Gasteiger partial charge in [-0.1, -0.05) is 30.3 Å². The first kappa shape index (κ1) is 8.62. The van der Waals surface area contributed by atoms with E-state index in [2.05, 4.69) is 32.6 Å². The van der Waals surface area contributed by atoms with Crippen LogP contribution in [0.1, 0.15) is 0 Å². The molecule has 0 N–H and O–H groups in total. The minimum absolute atomic E-state index is 0.775. The molecule has 13 heavy (non-hydrogen) atoms. The highest BCUT2D eigenvalue weighted by molar-refractivity contribution is 14.1. The summed E-state index contributed by atoms with van der Waals surface area (Å²) in [4.78, 5) is 8.26. The molecule has 0 aliphatic rings. The van der Waals surface area contributed by atoms with Gasteiger partial charge in [-0.25, -0.2) is 9.97 Å². The molecule has 0 bridgehead atoms. The van der Waals surface area contributed by atoms with Gasteiger partial charge in [0, 0.05) is 40.5 Å². The number of benzene rings is 1. The molecule has 1 aromatic carbocycles. The van der Waals surface area contributed by atoms with Gasteiger partial charge in [0.25, 0.3) is 0 Å². The molecule has 0 atom stereocenters. The topological polar surface area (TPSA) is 25.8 Å². The van der Waals surface area contributed by atoms with Crippen molar-refractivity contribution >= 4 is 22.6 Å². The summed E-state index contributed by atoms with van der Waals surface area (Å²) in [6, 6.07) is 10.1. The van der Waals surface area contributed by atoms with Crippen LogP contribution in [0.25, 0.3) is 11.1 Å². The third-order valence-corrected chi connectivity index (χ3v) is 2.28. The lowest BCUT2D eigenvalue weighted by atomic mass is 10.1. The van der Waals surface area contributed by atoms with Gasteiger partial charge in [-0.2, -0.15) is 0 Å². The number of aromatic nitrogens is 2. The highest BCUT2D eigenvalue weighted by Crippen LogP contribution is 2.16. The summed E-state index contributed by atoms with van der Waals surface area (Å²) >= 11 is 2.09. The van der Waals surface area contributed by atoms with Crippen LogP contribution in [0.5, 0.6) is 0 Å². The molecule has 3 heteroatoms. The minimum atomic E-state index is 0.775. The standard InChI is InChI=1S/C10H7IN2/c11-10-12-6-9(7-13-10)8-4-2-1-3-5-8/h1-7H. The van der Waals surface area contributed by atoms with Crippen molar-refractivity contribution in [3.05, 3.63) is 46.6 Å². The fourth-order valence-corrected chi connectivity index (χ4v) is 1.37. The van der Waals surface area contributed by atoms with E-state index in [1.165, 1.54) is 0 Å². The second-order valence-electron chi connectivity index (χ2n) is 2.61. The number of rotatable bonds is 1. The SMILES string of the molecule is Ic1ncc(-c2ccccc2)cn1. The van der Waals surface area contributed by atoms with Crippen molar-refractivity contribution in [3.63, 3.8) is 0 Å². The van der Waals surface area contributed by atoms with Crippen LogP contribution in [0.3, 0.4) is 0 Å². The summed E-state index contributed by atoms with van der Waals surface area (Å²) in [5, 5.41) is 0. The van der Waals surface area contributed by atoms with Crippen molar-refractivity contribution in [2.24, 2.45) is 0 Å². The van der Waals surface area contributed by atoms with Crippen LogP contribution in [0.15, 0.2) is 42.7 Å². The fourth-order valence-electron chi connectivity index (χ4n) is 1.09. The second-order valence-corrected chi connectivity index (χ2v) is 3.57. The highest BCUT2D eigenvalue weighted by atomic mass is 127. The molecule has 0 radical (unpaired) electrons. The average Bonchev–Trinajstić information content (AvgIpc) is 2.20. The zero-order valence-electron chi connectivity index (χ0n) is 6.81. The van der Waals surface area contributed by atoms with Crippen molar-refractivity contribution in [2.45, 2.75) is 0 Å². The zero-order valence-corrected chi connectivity index (χ0v) is 8.97. The van der Waals surface area contributed by atoms with E-state index in [0.29, 0.717) is 0 Å². The molecular weight excluding hydrogens is 275 g/mol. The molecule has 64 valence electrons. The Balaban J connectivity index is 2.42. The van der Waals surface area contributed by atoms with Crippen LogP contribution in [0.2, 0.25) is 0 Å². The van der Waals surface area contributed by atoms with Crippen LogP contribution in [0.4, 0.5) is 0 Å².